The molecule has 40 heavy (non-hydrogen) atoms. The summed E-state index contributed by atoms with van der Waals surface area (Å²) in [6.07, 6.45) is 11.1. The number of nitrogens with one attached hydrogen (secondary N) is 1. The number of anilines is 2. The van der Waals surface area contributed by atoms with Gasteiger partial charge in [-0.2, -0.15) is 0 Å². The first-order valence-corrected chi connectivity index (χ1v) is 13.5. The number of hydrogen-bond acceptors (Lipinski definition) is 5. The van der Waals surface area contributed by atoms with Crippen LogP contribution in [-0.4, -0.2) is 30.2 Å². The van der Waals surface area contributed by atoms with Crippen molar-refractivity contribution in [3.05, 3.63) is 120 Å². The summed E-state index contributed by atoms with van der Waals surface area (Å²) in [4.78, 5) is 9.92. The van der Waals surface area contributed by atoms with Gasteiger partial charge in [0.25, 0.3) is 0 Å². The van der Waals surface area contributed by atoms with Crippen molar-refractivity contribution in [2.75, 3.05) is 11.9 Å². The first kappa shape index (κ1) is 25.5. The van der Waals surface area contributed by atoms with Crippen LogP contribution in [0.15, 0.2) is 112 Å². The summed E-state index contributed by atoms with van der Waals surface area (Å²) in [6.45, 7) is 6.18. The Hall–Kier alpha value is -4.79. The van der Waals surface area contributed by atoms with Crippen LogP contribution in [0.3, 0.4) is 0 Å². The Kier molecular flexibility index (Phi) is 6.63. The lowest BCUT2D eigenvalue weighted by atomic mass is 9.98. The van der Waals surface area contributed by atoms with Gasteiger partial charge in [-0.15, -0.1) is 6.42 Å². The number of benzene rings is 3. The number of likely N-dealkylation sites (N-methyl/N-ethyl adjacent to an activating group) is 1. The molecule has 0 saturated carbocycles. The summed E-state index contributed by atoms with van der Waals surface area (Å²) in [5, 5.41) is 3.67. The molecule has 3 aromatic carbocycles. The molecule has 0 amide bonds. The molecule has 2 aliphatic rings. The van der Waals surface area contributed by atoms with Gasteiger partial charge in [-0.3, -0.25) is 0 Å². The van der Waals surface area contributed by atoms with Gasteiger partial charge < -0.3 is 14.6 Å². The van der Waals surface area contributed by atoms with Crippen molar-refractivity contribution in [3.63, 3.8) is 0 Å². The minimum Gasteiger partial charge on any atom is -0.460 e. The van der Waals surface area contributed by atoms with Gasteiger partial charge in [0.05, 0.1) is 11.4 Å². The second-order valence-corrected chi connectivity index (χ2v) is 10.1. The molecular formula is C35H32N4O. The van der Waals surface area contributed by atoms with Gasteiger partial charge in [-0.05, 0) is 63.2 Å². The highest BCUT2D eigenvalue weighted by Gasteiger charge is 2.39. The van der Waals surface area contributed by atoms with Crippen LogP contribution in [-0.2, 0) is 0 Å². The van der Waals surface area contributed by atoms with Crippen molar-refractivity contribution in [3.8, 4) is 34.8 Å². The SMILES string of the molecule is C#C/C=C(\C=C/C)C1NC(c2ccccc2)=NC(N2c3ccccc3-c3oc(C)c(C)c3-c3ccccc32)N1C. The normalized spacial score (nSPS) is 18.7. The largest absolute Gasteiger partial charge is 0.460 e. The maximum atomic E-state index is 6.45. The van der Waals surface area contributed by atoms with E-state index in [9.17, 15) is 0 Å². The molecule has 2 unspecified atom stereocenters. The Morgan fingerprint density at radius 1 is 0.950 bits per heavy atom. The van der Waals surface area contributed by atoms with Crippen LogP contribution in [0.1, 0.15) is 23.8 Å². The summed E-state index contributed by atoms with van der Waals surface area (Å²) >= 11 is 0. The minimum absolute atomic E-state index is 0.215. The summed E-state index contributed by atoms with van der Waals surface area (Å²) in [6, 6.07) is 27.2. The lowest BCUT2D eigenvalue weighted by molar-refractivity contribution is 0.180. The van der Waals surface area contributed by atoms with E-state index in [1.165, 1.54) is 0 Å². The number of allylic oxidation sites excluding steroid dienone is 2. The zero-order valence-corrected chi connectivity index (χ0v) is 23.2. The number of terminal acetylenes is 1. The number of amidine groups is 1. The van der Waals surface area contributed by atoms with Gasteiger partial charge in [0.1, 0.15) is 23.5 Å². The smallest absolute Gasteiger partial charge is 0.186 e. The number of nitrogens with zero attached hydrogens (tertiary/aromatic N) is 3. The van der Waals surface area contributed by atoms with Gasteiger partial charge in [0, 0.05) is 22.3 Å². The van der Waals surface area contributed by atoms with Crippen molar-refractivity contribution in [1.29, 1.82) is 0 Å². The first-order valence-electron chi connectivity index (χ1n) is 13.5. The van der Waals surface area contributed by atoms with E-state index in [1.54, 1.807) is 0 Å². The first-order chi connectivity index (χ1) is 19.5. The van der Waals surface area contributed by atoms with Gasteiger partial charge >= 0.3 is 0 Å². The van der Waals surface area contributed by atoms with E-state index in [0.29, 0.717) is 0 Å². The number of hydrogen-bond donors (Lipinski definition) is 1. The van der Waals surface area contributed by atoms with Crippen molar-refractivity contribution in [2.24, 2.45) is 4.99 Å². The fourth-order valence-electron chi connectivity index (χ4n) is 5.72. The molecule has 0 fully saturated rings. The van der Waals surface area contributed by atoms with Crippen LogP contribution >= 0.6 is 0 Å². The molecule has 2 atom stereocenters. The van der Waals surface area contributed by atoms with E-state index in [1.807, 2.05) is 44.2 Å². The third kappa shape index (κ3) is 4.14. The van der Waals surface area contributed by atoms with E-state index in [-0.39, 0.29) is 12.5 Å². The number of aryl methyl sites for hydroxylation is 1. The van der Waals surface area contributed by atoms with E-state index < -0.39 is 0 Å². The Morgan fingerprint density at radius 2 is 1.60 bits per heavy atom. The van der Waals surface area contributed by atoms with Crippen LogP contribution in [0.5, 0.6) is 0 Å². The Labute approximate surface area is 236 Å². The lowest BCUT2D eigenvalue weighted by Crippen LogP contribution is -2.60. The van der Waals surface area contributed by atoms with E-state index in [4.69, 9.17) is 15.8 Å². The quantitative estimate of drug-likeness (QED) is 0.223. The van der Waals surface area contributed by atoms with Crippen LogP contribution in [0.2, 0.25) is 0 Å². The average Bonchev–Trinajstić information content (AvgIpc) is 3.21. The van der Waals surface area contributed by atoms with Gasteiger partial charge in [-0.1, -0.05) is 78.7 Å². The second-order valence-electron chi connectivity index (χ2n) is 10.1. The Morgan fingerprint density at radius 3 is 2.30 bits per heavy atom. The van der Waals surface area contributed by atoms with E-state index in [2.05, 4.69) is 102 Å². The standard InChI is InChI=1S/C35H32N4O/c1-6-15-26(16-7-2)34-36-33(25-17-9-8-10-18-25)37-35(38(34)5)39-29-21-13-11-19-27(29)31-23(3)24(4)40-32(31)28-20-12-14-22-30(28)39/h1,7-22,34-35H,2-5H3,(H,36,37)/b16-7-,26-15+. The van der Waals surface area contributed by atoms with E-state index >= 15 is 0 Å². The fourth-order valence-corrected chi connectivity index (χ4v) is 5.72. The molecule has 2 aliphatic heterocycles. The highest BCUT2D eigenvalue weighted by atomic mass is 16.3. The molecule has 6 rings (SSSR count). The minimum atomic E-state index is -0.388. The van der Waals surface area contributed by atoms with Crippen molar-refractivity contribution in [2.45, 2.75) is 33.2 Å². The molecule has 0 spiro atoms. The third-order valence-electron chi connectivity index (χ3n) is 7.72. The predicted octanol–water partition coefficient (Wildman–Crippen LogP) is 7.41. The molecule has 0 bridgehead atoms. The zero-order chi connectivity index (χ0) is 27.8. The van der Waals surface area contributed by atoms with Gasteiger partial charge in [0.15, 0.2) is 6.29 Å². The average molecular weight is 525 g/mol. The van der Waals surface area contributed by atoms with Crippen LogP contribution < -0.4 is 10.2 Å². The summed E-state index contributed by atoms with van der Waals surface area (Å²) in [7, 11) is 2.09. The van der Waals surface area contributed by atoms with E-state index in [0.717, 1.165) is 62.1 Å². The highest BCUT2D eigenvalue weighted by Crippen LogP contribution is 2.51. The number of rotatable bonds is 4. The second kappa shape index (κ2) is 10.4. The fraction of sp³-hybridized carbons (Fsp3) is 0.171. The summed E-state index contributed by atoms with van der Waals surface area (Å²) < 4.78 is 6.45. The molecule has 5 heteroatoms. The van der Waals surface area contributed by atoms with Crippen molar-refractivity contribution < 1.29 is 4.42 Å². The molecule has 1 N–H and O–H groups in total. The number of aliphatic imine (C=N–C) groups is 1. The molecule has 0 aliphatic carbocycles. The Balaban J connectivity index is 1.62. The molecule has 4 aromatic rings. The predicted molar refractivity (Wildman–Crippen MR) is 164 cm³/mol. The van der Waals surface area contributed by atoms with Gasteiger partial charge in [0.2, 0.25) is 0 Å². The van der Waals surface area contributed by atoms with Crippen LogP contribution in [0, 0.1) is 26.2 Å². The van der Waals surface area contributed by atoms with Gasteiger partial charge in [-0.25, -0.2) is 9.89 Å². The molecule has 0 saturated heterocycles. The molecule has 1 aromatic heterocycles. The van der Waals surface area contributed by atoms with Crippen molar-refractivity contribution in [1.82, 2.24) is 10.2 Å². The Bertz CT molecular complexity index is 1700. The molecule has 5 nitrogen and oxygen atoms in total. The number of para-hydroxylation sites is 2. The maximum absolute atomic E-state index is 6.45. The van der Waals surface area contributed by atoms with Crippen LogP contribution in [0.4, 0.5) is 11.4 Å². The summed E-state index contributed by atoms with van der Waals surface area (Å²) in [5.74, 6) is 5.37. The topological polar surface area (TPSA) is 44.0 Å². The number of furan rings is 1. The summed E-state index contributed by atoms with van der Waals surface area (Å²) in [5.41, 5.74) is 8.54. The molecule has 3 heterocycles. The lowest BCUT2D eigenvalue weighted by Gasteiger charge is -2.45. The zero-order valence-electron chi connectivity index (χ0n) is 23.2. The molecule has 0 radical (unpaired) electrons. The third-order valence-corrected chi connectivity index (χ3v) is 7.72. The monoisotopic (exact) mass is 524 g/mol. The highest BCUT2D eigenvalue weighted by molar-refractivity contribution is 6.02. The van der Waals surface area contributed by atoms with Crippen LogP contribution in [0.25, 0.3) is 22.5 Å². The molecule has 198 valence electrons. The van der Waals surface area contributed by atoms with Crippen molar-refractivity contribution >= 4 is 17.2 Å². The maximum Gasteiger partial charge on any atom is 0.186 e. The number of fused-ring (bicyclic) bond motifs is 5. The molecular weight excluding hydrogens is 492 g/mol.